The third-order valence-corrected chi connectivity index (χ3v) is 2.99. The second-order valence-corrected chi connectivity index (χ2v) is 4.15. The third kappa shape index (κ3) is 2.18. The topological polar surface area (TPSA) is 26.0 Å². The maximum atomic E-state index is 5.84. The average Bonchev–Trinajstić information content (AvgIpc) is 2.38. The highest BCUT2D eigenvalue weighted by Crippen LogP contribution is 2.29. The molecule has 0 radical (unpaired) electrons. The van der Waals surface area contributed by atoms with E-state index in [9.17, 15) is 0 Å². The lowest BCUT2D eigenvalue weighted by Crippen LogP contribution is -1.86. The van der Waals surface area contributed by atoms with Gasteiger partial charge in [0, 0.05) is 5.69 Å². The minimum Gasteiger partial charge on any atom is -0.399 e. The Morgan fingerprint density at radius 3 is 2.28 bits per heavy atom. The molecule has 3 rings (SSSR count). The summed E-state index contributed by atoms with van der Waals surface area (Å²) < 4.78 is 0. The van der Waals surface area contributed by atoms with Crippen molar-refractivity contribution in [1.82, 2.24) is 0 Å². The van der Waals surface area contributed by atoms with E-state index in [1.54, 1.807) is 0 Å². The maximum absolute atomic E-state index is 5.84. The lowest BCUT2D eigenvalue weighted by atomic mass is 9.98. The molecule has 0 aliphatic carbocycles. The quantitative estimate of drug-likeness (QED) is 0.636. The van der Waals surface area contributed by atoms with Gasteiger partial charge < -0.3 is 5.73 Å². The van der Waals surface area contributed by atoms with Gasteiger partial charge in [0.2, 0.25) is 0 Å². The number of rotatable bonds is 1. The van der Waals surface area contributed by atoms with Crippen LogP contribution in [0.3, 0.4) is 0 Å². The first-order chi connectivity index (χ1) is 8.34. The van der Waals surface area contributed by atoms with Gasteiger partial charge in [0.15, 0.2) is 0 Å². The number of anilines is 1. The van der Waals surface area contributed by atoms with Gasteiger partial charge in [0.1, 0.15) is 0 Å². The molecule has 2 N–H and O–H groups in total. The number of nitrogen functional groups attached to an aromatic ring is 1. The summed E-state index contributed by atoms with van der Waals surface area (Å²) >= 11 is 0. The molecule has 18 heavy (non-hydrogen) atoms. The summed E-state index contributed by atoms with van der Waals surface area (Å²) in [6.45, 7) is 0. The molecule has 0 aliphatic rings. The number of nitrogens with two attached hydrogens (primary N) is 1. The second-order valence-electron chi connectivity index (χ2n) is 4.15. The van der Waals surface area contributed by atoms with Gasteiger partial charge >= 0.3 is 0 Å². The molecular formula is C16H14ClN. The molecule has 0 bridgehead atoms. The minimum atomic E-state index is 0. The van der Waals surface area contributed by atoms with E-state index in [-0.39, 0.29) is 12.4 Å². The fraction of sp³-hybridized carbons (Fsp3) is 0. The van der Waals surface area contributed by atoms with Crippen molar-refractivity contribution in [3.8, 4) is 11.1 Å². The lowest BCUT2D eigenvalue weighted by Gasteiger charge is -2.07. The summed E-state index contributed by atoms with van der Waals surface area (Å²) in [5.41, 5.74) is 9.04. The molecule has 0 saturated carbocycles. The Bertz CT molecular complexity index is 671. The van der Waals surface area contributed by atoms with Gasteiger partial charge in [-0.3, -0.25) is 0 Å². The molecule has 0 fully saturated rings. The van der Waals surface area contributed by atoms with E-state index >= 15 is 0 Å². The fourth-order valence-corrected chi connectivity index (χ4v) is 2.18. The van der Waals surface area contributed by atoms with Crippen LogP contribution < -0.4 is 5.73 Å². The number of hydrogen-bond donors (Lipinski definition) is 1. The lowest BCUT2D eigenvalue weighted by molar-refractivity contribution is 1.64. The van der Waals surface area contributed by atoms with Crippen molar-refractivity contribution < 1.29 is 0 Å². The Morgan fingerprint density at radius 1 is 0.722 bits per heavy atom. The van der Waals surface area contributed by atoms with E-state index in [1.165, 1.54) is 21.9 Å². The van der Waals surface area contributed by atoms with Crippen LogP contribution in [0.2, 0.25) is 0 Å². The van der Waals surface area contributed by atoms with Gasteiger partial charge in [-0.05, 0) is 34.0 Å². The predicted molar refractivity (Wildman–Crippen MR) is 81.0 cm³/mol. The SMILES string of the molecule is Cl.Nc1cccc(-c2cccc3ccccc23)c1. The van der Waals surface area contributed by atoms with Gasteiger partial charge in [-0.15, -0.1) is 12.4 Å². The molecule has 0 spiro atoms. The fourth-order valence-electron chi connectivity index (χ4n) is 2.18. The Labute approximate surface area is 113 Å². The highest BCUT2D eigenvalue weighted by atomic mass is 35.5. The molecule has 90 valence electrons. The highest BCUT2D eigenvalue weighted by Gasteiger charge is 2.02. The number of hydrogen-bond acceptors (Lipinski definition) is 1. The van der Waals surface area contributed by atoms with E-state index in [1.807, 2.05) is 18.2 Å². The number of fused-ring (bicyclic) bond motifs is 1. The molecule has 3 aromatic rings. The van der Waals surface area contributed by atoms with Crippen LogP contribution in [0.15, 0.2) is 66.7 Å². The number of halogens is 1. The van der Waals surface area contributed by atoms with Gasteiger partial charge in [-0.25, -0.2) is 0 Å². The van der Waals surface area contributed by atoms with Crippen molar-refractivity contribution in [3.05, 3.63) is 66.7 Å². The van der Waals surface area contributed by atoms with Crippen molar-refractivity contribution in [2.75, 3.05) is 5.73 Å². The van der Waals surface area contributed by atoms with Gasteiger partial charge in [-0.1, -0.05) is 54.6 Å². The largest absolute Gasteiger partial charge is 0.399 e. The molecule has 1 nitrogen and oxygen atoms in total. The summed E-state index contributed by atoms with van der Waals surface area (Å²) in [6.07, 6.45) is 0. The number of benzene rings is 3. The Balaban J connectivity index is 0.00000120. The molecule has 0 aromatic heterocycles. The molecule has 3 aromatic carbocycles. The second kappa shape index (κ2) is 5.11. The minimum absolute atomic E-state index is 0. The van der Waals surface area contributed by atoms with Crippen LogP contribution in [0.4, 0.5) is 5.69 Å². The van der Waals surface area contributed by atoms with Gasteiger partial charge in [-0.2, -0.15) is 0 Å². The molecule has 0 amide bonds. The molecule has 0 saturated heterocycles. The van der Waals surface area contributed by atoms with Crippen molar-refractivity contribution in [2.24, 2.45) is 0 Å². The van der Waals surface area contributed by atoms with E-state index in [4.69, 9.17) is 5.73 Å². The molecule has 0 heterocycles. The zero-order valence-electron chi connectivity index (χ0n) is 9.84. The zero-order valence-corrected chi connectivity index (χ0v) is 10.7. The first kappa shape index (κ1) is 12.5. The summed E-state index contributed by atoms with van der Waals surface area (Å²) in [5.74, 6) is 0. The van der Waals surface area contributed by atoms with Gasteiger partial charge in [0.05, 0.1) is 0 Å². The standard InChI is InChI=1S/C16H13N.ClH/c17-14-8-3-7-13(11-14)16-10-4-6-12-5-1-2-9-15(12)16;/h1-11H,17H2;1H. The van der Waals surface area contributed by atoms with E-state index < -0.39 is 0 Å². The van der Waals surface area contributed by atoms with Crippen molar-refractivity contribution in [3.63, 3.8) is 0 Å². The van der Waals surface area contributed by atoms with Crippen LogP contribution in [-0.4, -0.2) is 0 Å². The third-order valence-electron chi connectivity index (χ3n) is 2.99. The maximum Gasteiger partial charge on any atom is 0.0320 e. The monoisotopic (exact) mass is 255 g/mol. The van der Waals surface area contributed by atoms with E-state index in [0.29, 0.717) is 0 Å². The van der Waals surface area contributed by atoms with Crippen LogP contribution in [-0.2, 0) is 0 Å². The first-order valence-electron chi connectivity index (χ1n) is 5.68. The normalized spacial score (nSPS) is 10.0. The molecular weight excluding hydrogens is 242 g/mol. The molecule has 0 unspecified atom stereocenters. The van der Waals surface area contributed by atoms with Crippen molar-refractivity contribution >= 4 is 28.9 Å². The summed E-state index contributed by atoms with van der Waals surface area (Å²) in [5, 5.41) is 2.52. The Morgan fingerprint density at radius 2 is 1.44 bits per heavy atom. The van der Waals surface area contributed by atoms with Crippen LogP contribution in [0.1, 0.15) is 0 Å². The zero-order chi connectivity index (χ0) is 11.7. The van der Waals surface area contributed by atoms with Crippen LogP contribution >= 0.6 is 12.4 Å². The first-order valence-corrected chi connectivity index (χ1v) is 5.68. The van der Waals surface area contributed by atoms with Crippen LogP contribution in [0.25, 0.3) is 21.9 Å². The van der Waals surface area contributed by atoms with Crippen molar-refractivity contribution in [2.45, 2.75) is 0 Å². The Hall–Kier alpha value is -1.99. The smallest absolute Gasteiger partial charge is 0.0320 e. The van der Waals surface area contributed by atoms with E-state index in [0.717, 1.165) is 5.69 Å². The summed E-state index contributed by atoms with van der Waals surface area (Å²) in [4.78, 5) is 0. The van der Waals surface area contributed by atoms with Gasteiger partial charge in [0.25, 0.3) is 0 Å². The Kier molecular flexibility index (Phi) is 3.54. The predicted octanol–water partition coefficient (Wildman–Crippen LogP) is 4.51. The average molecular weight is 256 g/mol. The molecule has 0 aliphatic heterocycles. The molecule has 0 atom stereocenters. The summed E-state index contributed by atoms with van der Waals surface area (Å²) in [6, 6.07) is 22.8. The highest BCUT2D eigenvalue weighted by molar-refractivity contribution is 5.96. The van der Waals surface area contributed by atoms with Crippen LogP contribution in [0, 0.1) is 0 Å². The van der Waals surface area contributed by atoms with Crippen LogP contribution in [0.5, 0.6) is 0 Å². The summed E-state index contributed by atoms with van der Waals surface area (Å²) in [7, 11) is 0. The van der Waals surface area contributed by atoms with Crippen molar-refractivity contribution in [1.29, 1.82) is 0 Å². The molecule has 2 heteroatoms. The van der Waals surface area contributed by atoms with E-state index in [2.05, 4.69) is 48.5 Å².